The second-order valence-corrected chi connectivity index (χ2v) is 8.07. The average molecular weight is 487 g/mol. The first-order valence-corrected chi connectivity index (χ1v) is 10.7. The summed E-state index contributed by atoms with van der Waals surface area (Å²) in [4.78, 5) is 19.3. The Balaban J connectivity index is 0.00000171. The fourth-order valence-electron chi connectivity index (χ4n) is 4.28. The van der Waals surface area contributed by atoms with Gasteiger partial charge >= 0.3 is 0 Å². The third-order valence-electron chi connectivity index (χ3n) is 5.92. The molecule has 0 saturated carbocycles. The molecule has 0 spiro atoms. The molecule has 2 aromatic carbocycles. The number of hydrogen-bond acceptors (Lipinski definition) is 4. The van der Waals surface area contributed by atoms with E-state index < -0.39 is 0 Å². The van der Waals surface area contributed by atoms with E-state index in [-0.39, 0.29) is 30.7 Å². The van der Waals surface area contributed by atoms with E-state index in [9.17, 15) is 4.79 Å². The van der Waals surface area contributed by atoms with E-state index in [1.165, 1.54) is 5.69 Å². The smallest absolute Gasteiger partial charge is 0.227 e. The second-order valence-electron chi connectivity index (χ2n) is 7.67. The number of amides is 1. The number of piperazine rings is 1. The van der Waals surface area contributed by atoms with Crippen molar-refractivity contribution >= 4 is 53.7 Å². The van der Waals surface area contributed by atoms with Crippen LogP contribution in [0.5, 0.6) is 5.75 Å². The van der Waals surface area contributed by atoms with Gasteiger partial charge in [-0.1, -0.05) is 23.7 Å². The predicted octanol–water partition coefficient (Wildman–Crippen LogP) is 4.68. The van der Waals surface area contributed by atoms with Gasteiger partial charge in [-0.25, -0.2) is 0 Å². The normalized spacial score (nSPS) is 16.3. The molecular formula is C23H30Cl3N3O2. The number of methoxy groups -OCH3 is 1. The van der Waals surface area contributed by atoms with Crippen LogP contribution in [0.3, 0.4) is 0 Å². The first-order valence-electron chi connectivity index (χ1n) is 10.3. The molecule has 31 heavy (non-hydrogen) atoms. The number of anilines is 2. The number of nitrogens with zero attached hydrogens (tertiary/aromatic N) is 3. The minimum absolute atomic E-state index is 0. The summed E-state index contributed by atoms with van der Waals surface area (Å²) in [6.45, 7) is 5.84. The number of benzene rings is 2. The standard InChI is InChI=1S/C23H28ClN3O2.2ClH/c1-29-19-6-2-5-18(17-19)26-15-13-25(14-16-26)11-4-12-27-22-8-3-7-21(24)20(22)9-10-23(27)28;;/h2-3,5-8,17H,4,9-16H2,1H3;2*1H. The van der Waals surface area contributed by atoms with Gasteiger partial charge in [0.1, 0.15) is 5.75 Å². The predicted molar refractivity (Wildman–Crippen MR) is 133 cm³/mol. The van der Waals surface area contributed by atoms with Crippen LogP contribution in [0, 0.1) is 0 Å². The first kappa shape index (κ1) is 25.6. The molecule has 4 rings (SSSR count). The van der Waals surface area contributed by atoms with E-state index in [2.05, 4.69) is 21.9 Å². The highest BCUT2D eigenvalue weighted by Gasteiger charge is 2.25. The molecule has 0 N–H and O–H groups in total. The number of carbonyl (C=O) groups excluding carboxylic acids is 1. The van der Waals surface area contributed by atoms with Crippen molar-refractivity contribution in [1.82, 2.24) is 4.90 Å². The molecule has 2 heterocycles. The van der Waals surface area contributed by atoms with Crippen molar-refractivity contribution in [3.8, 4) is 5.75 Å². The SMILES string of the molecule is COc1cccc(N2CCN(CCCN3C(=O)CCc4c(Cl)cccc43)CC2)c1.Cl.Cl. The summed E-state index contributed by atoms with van der Waals surface area (Å²) in [6.07, 6.45) is 2.27. The molecule has 0 bridgehead atoms. The maximum atomic E-state index is 12.5. The molecular weight excluding hydrogens is 457 g/mol. The van der Waals surface area contributed by atoms with Crippen LogP contribution >= 0.6 is 36.4 Å². The van der Waals surface area contributed by atoms with Crippen molar-refractivity contribution in [1.29, 1.82) is 0 Å². The number of fused-ring (bicyclic) bond motifs is 1. The Bertz CT molecular complexity index is 873. The van der Waals surface area contributed by atoms with E-state index in [0.29, 0.717) is 6.42 Å². The zero-order chi connectivity index (χ0) is 20.2. The van der Waals surface area contributed by atoms with Crippen LogP contribution < -0.4 is 14.5 Å². The minimum Gasteiger partial charge on any atom is -0.497 e. The molecule has 170 valence electrons. The Hall–Kier alpha value is -1.66. The van der Waals surface area contributed by atoms with Crippen molar-refractivity contribution in [2.24, 2.45) is 0 Å². The monoisotopic (exact) mass is 485 g/mol. The van der Waals surface area contributed by atoms with E-state index >= 15 is 0 Å². The summed E-state index contributed by atoms with van der Waals surface area (Å²) in [5.74, 6) is 1.11. The number of ether oxygens (including phenoxy) is 1. The van der Waals surface area contributed by atoms with Crippen LogP contribution in [-0.4, -0.2) is 57.2 Å². The molecule has 1 saturated heterocycles. The van der Waals surface area contributed by atoms with Crippen molar-refractivity contribution in [2.45, 2.75) is 19.3 Å². The minimum atomic E-state index is 0. The molecule has 0 aromatic heterocycles. The molecule has 2 aliphatic rings. The van der Waals surface area contributed by atoms with Crippen molar-refractivity contribution < 1.29 is 9.53 Å². The van der Waals surface area contributed by atoms with Crippen molar-refractivity contribution in [2.75, 3.05) is 56.2 Å². The van der Waals surface area contributed by atoms with Gasteiger partial charge in [-0.15, -0.1) is 24.8 Å². The summed E-state index contributed by atoms with van der Waals surface area (Å²) < 4.78 is 5.34. The van der Waals surface area contributed by atoms with E-state index in [1.54, 1.807) is 7.11 Å². The third kappa shape index (κ3) is 5.98. The summed E-state index contributed by atoms with van der Waals surface area (Å²) in [7, 11) is 1.70. The molecule has 2 aromatic rings. The van der Waals surface area contributed by atoms with Crippen molar-refractivity contribution in [3.05, 3.63) is 53.1 Å². The van der Waals surface area contributed by atoms with Gasteiger partial charge in [0.15, 0.2) is 0 Å². The lowest BCUT2D eigenvalue weighted by Gasteiger charge is -2.37. The Kier molecular flexibility index (Phi) is 9.76. The van der Waals surface area contributed by atoms with Gasteiger partial charge in [0.25, 0.3) is 0 Å². The van der Waals surface area contributed by atoms with E-state index in [4.69, 9.17) is 16.3 Å². The molecule has 1 fully saturated rings. The highest BCUT2D eigenvalue weighted by atomic mass is 35.5. The second kappa shape index (κ2) is 11.8. The Morgan fingerprint density at radius 1 is 0.968 bits per heavy atom. The van der Waals surface area contributed by atoms with Gasteiger partial charge in [0, 0.05) is 61.6 Å². The zero-order valence-corrected chi connectivity index (χ0v) is 20.1. The Morgan fingerprint density at radius 3 is 2.45 bits per heavy atom. The fraction of sp³-hybridized carbons (Fsp3) is 0.435. The summed E-state index contributed by atoms with van der Waals surface area (Å²) in [5.41, 5.74) is 3.33. The topological polar surface area (TPSA) is 36.0 Å². The lowest BCUT2D eigenvalue weighted by Crippen LogP contribution is -2.47. The molecule has 1 amide bonds. The number of carbonyl (C=O) groups is 1. The van der Waals surface area contributed by atoms with Crippen LogP contribution in [0.25, 0.3) is 0 Å². The fourth-order valence-corrected chi connectivity index (χ4v) is 4.55. The number of halogens is 3. The van der Waals surface area contributed by atoms with Crippen LogP contribution in [0.15, 0.2) is 42.5 Å². The Morgan fingerprint density at radius 2 is 1.71 bits per heavy atom. The van der Waals surface area contributed by atoms with Gasteiger partial charge < -0.3 is 14.5 Å². The largest absolute Gasteiger partial charge is 0.497 e. The van der Waals surface area contributed by atoms with E-state index in [0.717, 1.165) is 74.1 Å². The average Bonchev–Trinajstić information content (AvgIpc) is 2.76. The first-order chi connectivity index (χ1) is 14.2. The van der Waals surface area contributed by atoms with Gasteiger partial charge in [-0.05, 0) is 49.2 Å². The number of hydrogen-bond donors (Lipinski definition) is 0. The Labute approximate surface area is 202 Å². The number of rotatable bonds is 6. The molecule has 5 nitrogen and oxygen atoms in total. The van der Waals surface area contributed by atoms with Gasteiger partial charge in [-0.2, -0.15) is 0 Å². The highest BCUT2D eigenvalue weighted by molar-refractivity contribution is 6.32. The molecule has 0 aliphatic carbocycles. The van der Waals surface area contributed by atoms with Crippen LogP contribution in [0.4, 0.5) is 11.4 Å². The van der Waals surface area contributed by atoms with Gasteiger partial charge in [0.2, 0.25) is 5.91 Å². The zero-order valence-electron chi connectivity index (χ0n) is 17.8. The van der Waals surface area contributed by atoms with Gasteiger partial charge in [0.05, 0.1) is 7.11 Å². The summed E-state index contributed by atoms with van der Waals surface area (Å²) >= 11 is 6.34. The molecule has 0 radical (unpaired) electrons. The molecule has 0 unspecified atom stereocenters. The van der Waals surface area contributed by atoms with Gasteiger partial charge in [-0.3, -0.25) is 9.69 Å². The van der Waals surface area contributed by atoms with Crippen LogP contribution in [0.1, 0.15) is 18.4 Å². The lowest BCUT2D eigenvalue weighted by atomic mass is 10.0. The van der Waals surface area contributed by atoms with Crippen LogP contribution in [-0.2, 0) is 11.2 Å². The van der Waals surface area contributed by atoms with E-state index in [1.807, 2.05) is 35.2 Å². The third-order valence-corrected chi connectivity index (χ3v) is 6.28. The summed E-state index contributed by atoms with van der Waals surface area (Å²) in [5, 5.41) is 0.772. The maximum Gasteiger partial charge on any atom is 0.227 e. The molecule has 8 heteroatoms. The summed E-state index contributed by atoms with van der Waals surface area (Å²) in [6, 6.07) is 14.1. The molecule has 2 aliphatic heterocycles. The quantitative estimate of drug-likeness (QED) is 0.594. The van der Waals surface area contributed by atoms with Crippen molar-refractivity contribution in [3.63, 3.8) is 0 Å². The molecule has 0 atom stereocenters. The lowest BCUT2D eigenvalue weighted by molar-refractivity contribution is -0.118. The maximum absolute atomic E-state index is 12.5. The van der Waals surface area contributed by atoms with Crippen LogP contribution in [0.2, 0.25) is 5.02 Å². The highest BCUT2D eigenvalue weighted by Crippen LogP contribution is 2.33.